The molecule has 0 aromatic rings. The van der Waals surface area contributed by atoms with E-state index < -0.39 is 0 Å². The van der Waals surface area contributed by atoms with Crippen molar-refractivity contribution in [2.45, 2.75) is 45.6 Å². The van der Waals surface area contributed by atoms with Crippen molar-refractivity contribution in [3.05, 3.63) is 0 Å². The molecule has 2 atom stereocenters. The van der Waals surface area contributed by atoms with Gasteiger partial charge in [0.2, 0.25) is 5.91 Å². The van der Waals surface area contributed by atoms with Crippen molar-refractivity contribution >= 4 is 18.3 Å². The first-order chi connectivity index (χ1) is 8.24. The lowest BCUT2D eigenvalue weighted by molar-refractivity contribution is -0.132. The lowest BCUT2D eigenvalue weighted by Gasteiger charge is -2.23. The van der Waals surface area contributed by atoms with Crippen molar-refractivity contribution in [2.75, 3.05) is 26.2 Å². The van der Waals surface area contributed by atoms with E-state index in [0.29, 0.717) is 12.5 Å². The van der Waals surface area contributed by atoms with Crippen LogP contribution in [-0.2, 0) is 9.53 Å². The fourth-order valence-electron chi connectivity index (χ4n) is 1.97. The topological polar surface area (TPSA) is 50.4 Å². The molecule has 18 heavy (non-hydrogen) atoms. The van der Waals surface area contributed by atoms with Gasteiger partial charge in [-0.05, 0) is 45.2 Å². The lowest BCUT2D eigenvalue weighted by atomic mass is 10.00. The summed E-state index contributed by atoms with van der Waals surface area (Å²) in [6.07, 6.45) is 4.21. The van der Waals surface area contributed by atoms with Gasteiger partial charge < -0.3 is 15.4 Å². The zero-order valence-corrected chi connectivity index (χ0v) is 12.4. The van der Waals surface area contributed by atoms with Crippen molar-refractivity contribution in [2.24, 2.45) is 5.92 Å². The Morgan fingerprint density at radius 1 is 1.56 bits per heavy atom. The molecule has 1 heterocycles. The van der Waals surface area contributed by atoms with Crippen LogP contribution in [0.4, 0.5) is 0 Å². The van der Waals surface area contributed by atoms with Gasteiger partial charge in [0, 0.05) is 13.2 Å². The van der Waals surface area contributed by atoms with Crippen LogP contribution in [0.5, 0.6) is 0 Å². The maximum atomic E-state index is 11.7. The third-order valence-corrected chi connectivity index (χ3v) is 3.20. The van der Waals surface area contributed by atoms with Crippen LogP contribution in [0.25, 0.3) is 0 Å². The van der Waals surface area contributed by atoms with E-state index >= 15 is 0 Å². The van der Waals surface area contributed by atoms with Gasteiger partial charge in [-0.15, -0.1) is 12.4 Å². The number of carbonyl (C=O) groups excluding carboxylic acids is 1. The number of carbonyl (C=O) groups is 1. The largest absolute Gasteiger partial charge is 0.369 e. The van der Waals surface area contributed by atoms with Gasteiger partial charge in [-0.1, -0.05) is 13.3 Å². The maximum absolute atomic E-state index is 11.7. The molecular formula is C13H27ClN2O2. The molecule has 4 nitrogen and oxygen atoms in total. The van der Waals surface area contributed by atoms with E-state index in [2.05, 4.69) is 17.6 Å². The molecular weight excluding hydrogens is 252 g/mol. The first-order valence-electron chi connectivity index (χ1n) is 6.84. The Balaban J connectivity index is 0.00000289. The van der Waals surface area contributed by atoms with Crippen LogP contribution in [0.1, 0.15) is 39.5 Å². The fourth-order valence-corrected chi connectivity index (χ4v) is 1.97. The van der Waals surface area contributed by atoms with E-state index in [-0.39, 0.29) is 24.4 Å². The van der Waals surface area contributed by atoms with E-state index in [9.17, 15) is 4.79 Å². The van der Waals surface area contributed by atoms with E-state index in [0.717, 1.165) is 32.5 Å². The van der Waals surface area contributed by atoms with Crippen molar-refractivity contribution in [1.82, 2.24) is 10.6 Å². The van der Waals surface area contributed by atoms with E-state index in [4.69, 9.17) is 4.74 Å². The molecule has 1 saturated heterocycles. The first kappa shape index (κ1) is 17.7. The normalized spacial score (nSPS) is 20.9. The van der Waals surface area contributed by atoms with Gasteiger partial charge in [0.1, 0.15) is 6.10 Å². The summed E-state index contributed by atoms with van der Waals surface area (Å²) in [5, 5.41) is 6.32. The molecule has 2 unspecified atom stereocenters. The average molecular weight is 279 g/mol. The minimum Gasteiger partial charge on any atom is -0.369 e. The highest BCUT2D eigenvalue weighted by atomic mass is 35.5. The van der Waals surface area contributed by atoms with E-state index in [1.807, 2.05) is 6.92 Å². The van der Waals surface area contributed by atoms with Gasteiger partial charge >= 0.3 is 0 Å². The summed E-state index contributed by atoms with van der Waals surface area (Å²) in [5.41, 5.74) is 0. The summed E-state index contributed by atoms with van der Waals surface area (Å²) in [7, 11) is 0. The zero-order valence-electron chi connectivity index (χ0n) is 11.5. The van der Waals surface area contributed by atoms with Crippen LogP contribution < -0.4 is 10.6 Å². The van der Waals surface area contributed by atoms with Crippen LogP contribution in [0, 0.1) is 5.92 Å². The van der Waals surface area contributed by atoms with Crippen LogP contribution in [-0.4, -0.2) is 38.3 Å². The van der Waals surface area contributed by atoms with Gasteiger partial charge in [0.15, 0.2) is 0 Å². The molecule has 1 aliphatic heterocycles. The Morgan fingerprint density at radius 2 is 2.33 bits per heavy atom. The number of hydrogen-bond donors (Lipinski definition) is 2. The molecule has 0 bridgehead atoms. The SMILES string of the molecule is CCCCOC(C)C(=O)NCC1CCCNC1.Cl. The average Bonchev–Trinajstić information content (AvgIpc) is 2.37. The summed E-state index contributed by atoms with van der Waals surface area (Å²) in [6, 6.07) is 0. The number of ether oxygens (including phenoxy) is 1. The molecule has 0 spiro atoms. The van der Waals surface area contributed by atoms with Gasteiger partial charge in [-0.2, -0.15) is 0 Å². The molecule has 108 valence electrons. The quantitative estimate of drug-likeness (QED) is 0.698. The van der Waals surface area contributed by atoms with E-state index in [1.165, 1.54) is 12.8 Å². The molecule has 0 saturated carbocycles. The number of hydrogen-bond acceptors (Lipinski definition) is 3. The second-order valence-corrected chi connectivity index (χ2v) is 4.82. The van der Waals surface area contributed by atoms with Gasteiger partial charge in [-0.3, -0.25) is 4.79 Å². The van der Waals surface area contributed by atoms with Crippen LogP contribution in [0.3, 0.4) is 0 Å². The van der Waals surface area contributed by atoms with E-state index in [1.54, 1.807) is 0 Å². The predicted molar refractivity (Wildman–Crippen MR) is 76.2 cm³/mol. The molecule has 1 aliphatic rings. The number of rotatable bonds is 7. The number of unbranched alkanes of at least 4 members (excludes halogenated alkanes) is 1. The minimum absolute atomic E-state index is 0. The monoisotopic (exact) mass is 278 g/mol. The summed E-state index contributed by atoms with van der Waals surface area (Å²) in [5.74, 6) is 0.599. The molecule has 0 radical (unpaired) electrons. The fraction of sp³-hybridized carbons (Fsp3) is 0.923. The molecule has 1 amide bonds. The highest BCUT2D eigenvalue weighted by molar-refractivity contribution is 5.85. The number of piperidine rings is 1. The Morgan fingerprint density at radius 3 is 2.94 bits per heavy atom. The molecule has 1 fully saturated rings. The van der Waals surface area contributed by atoms with Crippen molar-refractivity contribution < 1.29 is 9.53 Å². The van der Waals surface area contributed by atoms with Crippen molar-refractivity contribution in [3.63, 3.8) is 0 Å². The summed E-state index contributed by atoms with van der Waals surface area (Å²) in [6.45, 7) is 7.52. The molecule has 0 aliphatic carbocycles. The molecule has 1 rings (SSSR count). The number of nitrogens with one attached hydrogen (secondary N) is 2. The molecule has 5 heteroatoms. The Labute approximate surface area is 117 Å². The lowest BCUT2D eigenvalue weighted by Crippen LogP contribution is -2.41. The Hall–Kier alpha value is -0.320. The van der Waals surface area contributed by atoms with Gasteiger partial charge in [0.25, 0.3) is 0 Å². The Bertz CT molecular complexity index is 221. The van der Waals surface area contributed by atoms with Gasteiger partial charge in [0.05, 0.1) is 0 Å². The Kier molecular flexibility index (Phi) is 10.4. The predicted octanol–water partition coefficient (Wildman–Crippen LogP) is 1.73. The highest BCUT2D eigenvalue weighted by Gasteiger charge is 2.17. The summed E-state index contributed by atoms with van der Waals surface area (Å²) < 4.78 is 5.46. The second-order valence-electron chi connectivity index (χ2n) is 4.82. The van der Waals surface area contributed by atoms with Crippen molar-refractivity contribution in [3.8, 4) is 0 Å². The zero-order chi connectivity index (χ0) is 12.5. The second kappa shape index (κ2) is 10.6. The third-order valence-electron chi connectivity index (χ3n) is 3.20. The third kappa shape index (κ3) is 7.19. The number of halogens is 1. The minimum atomic E-state index is -0.321. The van der Waals surface area contributed by atoms with Crippen LogP contribution >= 0.6 is 12.4 Å². The first-order valence-corrected chi connectivity index (χ1v) is 6.84. The smallest absolute Gasteiger partial charge is 0.248 e. The summed E-state index contributed by atoms with van der Waals surface area (Å²) in [4.78, 5) is 11.7. The highest BCUT2D eigenvalue weighted by Crippen LogP contribution is 2.08. The number of amides is 1. The maximum Gasteiger partial charge on any atom is 0.248 e. The summed E-state index contributed by atoms with van der Waals surface area (Å²) >= 11 is 0. The van der Waals surface area contributed by atoms with Gasteiger partial charge in [-0.25, -0.2) is 0 Å². The standard InChI is InChI=1S/C13H26N2O2.ClH/c1-3-4-8-17-11(2)13(16)15-10-12-6-5-7-14-9-12;/h11-12,14H,3-10H2,1-2H3,(H,15,16);1H. The van der Waals surface area contributed by atoms with Crippen LogP contribution in [0.15, 0.2) is 0 Å². The van der Waals surface area contributed by atoms with Crippen LogP contribution in [0.2, 0.25) is 0 Å². The molecule has 0 aromatic carbocycles. The molecule has 0 aromatic heterocycles. The van der Waals surface area contributed by atoms with Crippen molar-refractivity contribution in [1.29, 1.82) is 0 Å². The molecule has 2 N–H and O–H groups in total.